The summed E-state index contributed by atoms with van der Waals surface area (Å²) in [5.74, 6) is 0.495. The molecule has 0 aliphatic rings. The third kappa shape index (κ3) is 3.28. The van der Waals surface area contributed by atoms with Crippen molar-refractivity contribution < 1.29 is 13.9 Å². The van der Waals surface area contributed by atoms with E-state index in [1.165, 1.54) is 20.3 Å². The molecule has 21 heavy (non-hydrogen) atoms. The molecule has 0 saturated heterocycles. The van der Waals surface area contributed by atoms with Gasteiger partial charge in [0.2, 0.25) is 0 Å². The number of ether oxygens (including phenoxy) is 2. The zero-order valence-corrected chi connectivity index (χ0v) is 12.9. The summed E-state index contributed by atoms with van der Waals surface area (Å²) in [6, 6.07) is 9.94. The Morgan fingerprint density at radius 1 is 1.05 bits per heavy atom. The minimum absolute atomic E-state index is 0.304. The first-order valence-corrected chi connectivity index (χ1v) is 6.82. The van der Waals surface area contributed by atoms with E-state index in [9.17, 15) is 4.39 Å². The van der Waals surface area contributed by atoms with Crippen molar-refractivity contribution in [3.05, 3.63) is 58.4 Å². The van der Waals surface area contributed by atoms with E-state index in [2.05, 4.69) is 5.32 Å². The van der Waals surface area contributed by atoms with Gasteiger partial charge in [-0.2, -0.15) is 0 Å². The Balaban J connectivity index is 2.49. The van der Waals surface area contributed by atoms with Crippen molar-refractivity contribution in [1.82, 2.24) is 5.32 Å². The minimum Gasteiger partial charge on any atom is -0.493 e. The summed E-state index contributed by atoms with van der Waals surface area (Å²) in [6.45, 7) is 0. The number of hydrogen-bond acceptors (Lipinski definition) is 3. The zero-order valence-electron chi connectivity index (χ0n) is 12.1. The fraction of sp³-hybridized carbons (Fsp3) is 0.250. The van der Waals surface area contributed by atoms with Gasteiger partial charge in [0.15, 0.2) is 11.5 Å². The van der Waals surface area contributed by atoms with E-state index in [0.717, 1.165) is 5.56 Å². The van der Waals surface area contributed by atoms with Gasteiger partial charge in [0.05, 0.1) is 20.3 Å². The van der Waals surface area contributed by atoms with Crippen LogP contribution in [-0.4, -0.2) is 21.3 Å². The molecule has 0 bridgehead atoms. The Hall–Kier alpha value is -1.78. The Kier molecular flexibility index (Phi) is 5.04. The molecule has 1 N–H and O–H groups in total. The molecule has 0 radical (unpaired) electrons. The van der Waals surface area contributed by atoms with Crippen LogP contribution in [-0.2, 0) is 0 Å². The minimum atomic E-state index is -0.359. The van der Waals surface area contributed by atoms with Crippen LogP contribution in [0.25, 0.3) is 0 Å². The van der Waals surface area contributed by atoms with Crippen molar-refractivity contribution in [3.8, 4) is 11.5 Å². The van der Waals surface area contributed by atoms with Gasteiger partial charge in [-0.1, -0.05) is 23.7 Å². The number of rotatable bonds is 5. The third-order valence-corrected chi connectivity index (χ3v) is 3.56. The second kappa shape index (κ2) is 6.78. The first-order chi connectivity index (χ1) is 10.1. The van der Waals surface area contributed by atoms with Gasteiger partial charge in [-0.25, -0.2) is 4.39 Å². The van der Waals surface area contributed by atoms with E-state index in [4.69, 9.17) is 21.1 Å². The molecule has 2 rings (SSSR count). The highest BCUT2D eigenvalue weighted by Crippen LogP contribution is 2.34. The summed E-state index contributed by atoms with van der Waals surface area (Å²) in [5.41, 5.74) is 1.39. The Bertz CT molecular complexity index is 616. The summed E-state index contributed by atoms with van der Waals surface area (Å²) in [4.78, 5) is 0. The quantitative estimate of drug-likeness (QED) is 0.911. The Morgan fingerprint density at radius 2 is 1.62 bits per heavy atom. The zero-order chi connectivity index (χ0) is 15.4. The number of benzene rings is 2. The van der Waals surface area contributed by atoms with Gasteiger partial charge in [0.25, 0.3) is 0 Å². The first kappa shape index (κ1) is 15.6. The molecule has 2 aromatic rings. The van der Waals surface area contributed by atoms with Gasteiger partial charge < -0.3 is 14.8 Å². The van der Waals surface area contributed by atoms with E-state index in [-0.39, 0.29) is 11.9 Å². The van der Waals surface area contributed by atoms with E-state index < -0.39 is 0 Å². The monoisotopic (exact) mass is 309 g/mol. The molecule has 2 aromatic carbocycles. The molecule has 1 unspecified atom stereocenters. The number of nitrogens with one attached hydrogen (secondary N) is 1. The van der Waals surface area contributed by atoms with Crippen LogP contribution in [0.5, 0.6) is 11.5 Å². The fourth-order valence-corrected chi connectivity index (χ4v) is 2.37. The maximum atomic E-state index is 14.4. The number of hydrogen-bond donors (Lipinski definition) is 1. The van der Waals surface area contributed by atoms with Crippen LogP contribution in [0.2, 0.25) is 5.02 Å². The normalized spacial score (nSPS) is 12.0. The van der Waals surface area contributed by atoms with Gasteiger partial charge in [-0.3, -0.25) is 0 Å². The summed E-state index contributed by atoms with van der Waals surface area (Å²) in [7, 11) is 4.78. The smallest absolute Gasteiger partial charge is 0.163 e. The van der Waals surface area contributed by atoms with Crippen LogP contribution in [0.15, 0.2) is 36.4 Å². The van der Waals surface area contributed by atoms with Gasteiger partial charge >= 0.3 is 0 Å². The lowest BCUT2D eigenvalue weighted by atomic mass is 9.98. The van der Waals surface area contributed by atoms with Crippen LogP contribution in [0.1, 0.15) is 17.2 Å². The predicted octanol–water partition coefficient (Wildman–Crippen LogP) is 3.81. The average molecular weight is 310 g/mol. The molecule has 0 fully saturated rings. The number of methoxy groups -OCH3 is 2. The fourth-order valence-electron chi connectivity index (χ4n) is 2.25. The molecular weight excluding hydrogens is 293 g/mol. The predicted molar refractivity (Wildman–Crippen MR) is 81.9 cm³/mol. The third-order valence-electron chi connectivity index (χ3n) is 3.31. The van der Waals surface area contributed by atoms with Crippen LogP contribution < -0.4 is 14.8 Å². The van der Waals surface area contributed by atoms with Crippen molar-refractivity contribution in [2.75, 3.05) is 21.3 Å². The second-order valence-electron chi connectivity index (χ2n) is 4.50. The summed E-state index contributed by atoms with van der Waals surface area (Å²) in [6.07, 6.45) is 0. The molecule has 3 nitrogen and oxygen atoms in total. The summed E-state index contributed by atoms with van der Waals surface area (Å²) < 4.78 is 24.7. The second-order valence-corrected chi connectivity index (χ2v) is 4.94. The van der Waals surface area contributed by atoms with Crippen molar-refractivity contribution in [1.29, 1.82) is 0 Å². The van der Waals surface area contributed by atoms with Crippen LogP contribution >= 0.6 is 11.6 Å². The molecule has 0 spiro atoms. The van der Waals surface area contributed by atoms with Crippen molar-refractivity contribution in [2.45, 2.75) is 6.04 Å². The van der Waals surface area contributed by atoms with Crippen molar-refractivity contribution >= 4 is 11.6 Å². The molecule has 0 aliphatic heterocycles. The van der Waals surface area contributed by atoms with E-state index in [0.29, 0.717) is 22.1 Å². The standard InChI is InChI=1S/C16H17ClFNO2/c1-19-16(10-4-6-11(17)7-5-10)12-8-14(20-2)15(21-3)9-13(12)18/h4-9,16,19H,1-3H3. The highest BCUT2D eigenvalue weighted by Gasteiger charge is 2.19. The lowest BCUT2D eigenvalue weighted by Gasteiger charge is -2.20. The van der Waals surface area contributed by atoms with Gasteiger partial charge in [0.1, 0.15) is 5.82 Å². The molecule has 0 saturated carbocycles. The largest absolute Gasteiger partial charge is 0.493 e. The molecule has 0 aromatic heterocycles. The first-order valence-electron chi connectivity index (χ1n) is 6.44. The van der Waals surface area contributed by atoms with Crippen LogP contribution in [0.3, 0.4) is 0 Å². The molecule has 5 heteroatoms. The lowest BCUT2D eigenvalue weighted by Crippen LogP contribution is -2.19. The SMILES string of the molecule is CNC(c1ccc(Cl)cc1)c1cc(OC)c(OC)cc1F. The molecule has 112 valence electrons. The topological polar surface area (TPSA) is 30.5 Å². The lowest BCUT2D eigenvalue weighted by molar-refractivity contribution is 0.351. The van der Waals surface area contributed by atoms with E-state index in [1.807, 2.05) is 12.1 Å². The molecule has 0 heterocycles. The average Bonchev–Trinajstić information content (AvgIpc) is 2.50. The van der Waals surface area contributed by atoms with Crippen LogP contribution in [0, 0.1) is 5.82 Å². The van der Waals surface area contributed by atoms with Crippen molar-refractivity contribution in [2.24, 2.45) is 0 Å². The van der Waals surface area contributed by atoms with Gasteiger partial charge in [-0.05, 0) is 30.8 Å². The highest BCUT2D eigenvalue weighted by atomic mass is 35.5. The van der Waals surface area contributed by atoms with E-state index in [1.54, 1.807) is 25.2 Å². The Morgan fingerprint density at radius 3 is 2.14 bits per heavy atom. The van der Waals surface area contributed by atoms with Crippen molar-refractivity contribution in [3.63, 3.8) is 0 Å². The highest BCUT2D eigenvalue weighted by molar-refractivity contribution is 6.30. The maximum Gasteiger partial charge on any atom is 0.163 e. The molecule has 1 atom stereocenters. The van der Waals surface area contributed by atoms with Crippen LogP contribution in [0.4, 0.5) is 4.39 Å². The van der Waals surface area contributed by atoms with E-state index >= 15 is 0 Å². The maximum absolute atomic E-state index is 14.4. The number of halogens is 2. The Labute approximate surface area is 128 Å². The molecule has 0 amide bonds. The summed E-state index contributed by atoms with van der Waals surface area (Å²) >= 11 is 5.89. The van der Waals surface area contributed by atoms with Gasteiger partial charge in [-0.15, -0.1) is 0 Å². The van der Waals surface area contributed by atoms with Gasteiger partial charge in [0, 0.05) is 16.7 Å². The molecular formula is C16H17ClFNO2. The molecule has 0 aliphatic carbocycles. The summed E-state index contributed by atoms with van der Waals surface area (Å²) in [5, 5.41) is 3.74.